The molecule has 0 spiro atoms. The first kappa shape index (κ1) is 14.1. The second-order valence-corrected chi connectivity index (χ2v) is 4.17. The summed E-state index contributed by atoms with van der Waals surface area (Å²) in [6.07, 6.45) is 0. The van der Waals surface area contributed by atoms with Crippen molar-refractivity contribution in [3.63, 3.8) is 0 Å². The number of nitrogen functional groups attached to an aromatic ring is 1. The van der Waals surface area contributed by atoms with Gasteiger partial charge in [0.15, 0.2) is 5.78 Å². The Morgan fingerprint density at radius 2 is 1.57 bits per heavy atom. The molecule has 0 heterocycles. The van der Waals surface area contributed by atoms with E-state index in [1.54, 1.807) is 0 Å². The molecule has 0 bridgehead atoms. The SMILES string of the molecule is Nc1ccc([N+](=O)[O-])cc1C(=O)c1cccc([N+](=O)[O-])c1. The Kier molecular flexibility index (Phi) is 3.61. The Morgan fingerprint density at radius 3 is 2.19 bits per heavy atom. The van der Waals surface area contributed by atoms with Gasteiger partial charge >= 0.3 is 0 Å². The molecule has 106 valence electrons. The molecule has 0 radical (unpaired) electrons. The second-order valence-electron chi connectivity index (χ2n) is 4.17. The molecule has 2 aromatic rings. The summed E-state index contributed by atoms with van der Waals surface area (Å²) in [5.41, 5.74) is 5.16. The number of carbonyl (C=O) groups is 1. The largest absolute Gasteiger partial charge is 0.398 e. The van der Waals surface area contributed by atoms with Gasteiger partial charge in [0.05, 0.1) is 15.4 Å². The highest BCUT2D eigenvalue weighted by molar-refractivity contribution is 6.12. The zero-order valence-electron chi connectivity index (χ0n) is 10.6. The summed E-state index contributed by atoms with van der Waals surface area (Å²) in [5, 5.41) is 21.4. The van der Waals surface area contributed by atoms with Crippen molar-refractivity contribution in [1.29, 1.82) is 0 Å². The molecule has 0 aliphatic heterocycles. The van der Waals surface area contributed by atoms with E-state index in [4.69, 9.17) is 5.73 Å². The molecule has 0 aliphatic rings. The molecule has 0 amide bonds. The third-order valence-electron chi connectivity index (χ3n) is 2.81. The molecule has 2 N–H and O–H groups in total. The van der Waals surface area contributed by atoms with Crippen LogP contribution < -0.4 is 5.73 Å². The number of non-ortho nitro benzene ring substituents is 2. The van der Waals surface area contributed by atoms with E-state index in [2.05, 4.69) is 0 Å². The van der Waals surface area contributed by atoms with E-state index in [9.17, 15) is 25.0 Å². The molecular weight excluding hydrogens is 278 g/mol. The zero-order valence-corrected chi connectivity index (χ0v) is 10.6. The normalized spacial score (nSPS) is 10.1. The fourth-order valence-corrected chi connectivity index (χ4v) is 1.77. The highest BCUT2D eigenvalue weighted by Gasteiger charge is 2.18. The molecular formula is C13H9N3O5. The Labute approximate surface area is 118 Å². The highest BCUT2D eigenvalue weighted by atomic mass is 16.6. The lowest BCUT2D eigenvalue weighted by Crippen LogP contribution is -2.06. The zero-order chi connectivity index (χ0) is 15.6. The summed E-state index contributed by atoms with van der Waals surface area (Å²) in [5.74, 6) is -0.611. The first-order chi connectivity index (χ1) is 9.90. The topological polar surface area (TPSA) is 129 Å². The Bertz CT molecular complexity index is 757. The summed E-state index contributed by atoms with van der Waals surface area (Å²) < 4.78 is 0. The Hall–Kier alpha value is -3.29. The number of hydrogen-bond acceptors (Lipinski definition) is 6. The highest BCUT2D eigenvalue weighted by Crippen LogP contribution is 2.24. The minimum absolute atomic E-state index is 0.0383. The lowest BCUT2D eigenvalue weighted by atomic mass is 10.0. The molecule has 0 saturated carbocycles. The number of nitrogens with two attached hydrogens (primary N) is 1. The van der Waals surface area contributed by atoms with Gasteiger partial charge in [-0.2, -0.15) is 0 Å². The van der Waals surface area contributed by atoms with E-state index in [0.717, 1.165) is 12.1 Å². The van der Waals surface area contributed by atoms with Gasteiger partial charge < -0.3 is 5.73 Å². The molecule has 8 nitrogen and oxygen atoms in total. The quantitative estimate of drug-likeness (QED) is 0.397. The average molecular weight is 287 g/mol. The van der Waals surface area contributed by atoms with Gasteiger partial charge in [-0.05, 0) is 6.07 Å². The van der Waals surface area contributed by atoms with Gasteiger partial charge in [0.25, 0.3) is 11.4 Å². The molecule has 0 aromatic heterocycles. The van der Waals surface area contributed by atoms with Crippen molar-refractivity contribution < 1.29 is 14.6 Å². The van der Waals surface area contributed by atoms with Crippen molar-refractivity contribution in [2.24, 2.45) is 0 Å². The van der Waals surface area contributed by atoms with Crippen LogP contribution in [0.4, 0.5) is 17.1 Å². The Morgan fingerprint density at radius 1 is 0.952 bits per heavy atom. The van der Waals surface area contributed by atoms with Crippen molar-refractivity contribution in [1.82, 2.24) is 0 Å². The fourth-order valence-electron chi connectivity index (χ4n) is 1.77. The molecule has 8 heteroatoms. The number of benzene rings is 2. The summed E-state index contributed by atoms with van der Waals surface area (Å²) >= 11 is 0. The van der Waals surface area contributed by atoms with Crippen LogP contribution in [0.5, 0.6) is 0 Å². The van der Waals surface area contributed by atoms with E-state index < -0.39 is 15.6 Å². The number of nitro benzene ring substituents is 2. The number of nitro groups is 2. The van der Waals surface area contributed by atoms with Crippen molar-refractivity contribution >= 4 is 22.8 Å². The first-order valence-electron chi connectivity index (χ1n) is 5.73. The average Bonchev–Trinajstić information content (AvgIpc) is 2.47. The number of ketones is 1. The molecule has 0 saturated heterocycles. The molecule has 2 aromatic carbocycles. The standard InChI is InChI=1S/C13H9N3O5/c14-12-5-4-10(16(20)21)7-11(12)13(17)8-2-1-3-9(6-8)15(18)19/h1-7H,14H2. The lowest BCUT2D eigenvalue weighted by molar-refractivity contribution is -0.385. The van der Waals surface area contributed by atoms with Crippen LogP contribution in [0, 0.1) is 20.2 Å². The van der Waals surface area contributed by atoms with Crippen LogP contribution >= 0.6 is 0 Å². The van der Waals surface area contributed by atoms with Crippen LogP contribution in [0.1, 0.15) is 15.9 Å². The lowest BCUT2D eigenvalue weighted by Gasteiger charge is -2.05. The number of rotatable bonds is 4. The van der Waals surface area contributed by atoms with E-state index in [-0.39, 0.29) is 28.2 Å². The minimum Gasteiger partial charge on any atom is -0.398 e. The third-order valence-corrected chi connectivity index (χ3v) is 2.81. The van der Waals surface area contributed by atoms with Crippen molar-refractivity contribution in [3.05, 3.63) is 73.8 Å². The summed E-state index contributed by atoms with van der Waals surface area (Å²) in [4.78, 5) is 32.4. The van der Waals surface area contributed by atoms with Crippen LogP contribution in [0.2, 0.25) is 0 Å². The van der Waals surface area contributed by atoms with E-state index in [1.165, 1.54) is 30.3 Å². The molecule has 0 aliphatic carbocycles. The molecule has 0 unspecified atom stereocenters. The van der Waals surface area contributed by atoms with Crippen molar-refractivity contribution in [2.75, 3.05) is 5.73 Å². The predicted molar refractivity (Wildman–Crippen MR) is 74.0 cm³/mol. The molecule has 0 fully saturated rings. The van der Waals surface area contributed by atoms with Crippen molar-refractivity contribution in [2.45, 2.75) is 0 Å². The van der Waals surface area contributed by atoms with Gasteiger partial charge in [-0.1, -0.05) is 12.1 Å². The summed E-state index contributed by atoms with van der Waals surface area (Å²) in [7, 11) is 0. The van der Waals surface area contributed by atoms with E-state index in [1.807, 2.05) is 0 Å². The smallest absolute Gasteiger partial charge is 0.270 e. The van der Waals surface area contributed by atoms with Crippen LogP contribution in [-0.4, -0.2) is 15.6 Å². The maximum atomic E-state index is 12.3. The summed E-state index contributed by atoms with van der Waals surface area (Å²) in [6.45, 7) is 0. The maximum Gasteiger partial charge on any atom is 0.270 e. The molecule has 0 atom stereocenters. The number of nitrogens with zero attached hydrogens (tertiary/aromatic N) is 2. The minimum atomic E-state index is -0.649. The monoisotopic (exact) mass is 287 g/mol. The van der Waals surface area contributed by atoms with Crippen LogP contribution in [0.15, 0.2) is 42.5 Å². The number of anilines is 1. The van der Waals surface area contributed by atoms with Gasteiger partial charge in [0.1, 0.15) is 0 Å². The number of hydrogen-bond donors (Lipinski definition) is 1. The van der Waals surface area contributed by atoms with Gasteiger partial charge in [0.2, 0.25) is 0 Å². The fraction of sp³-hybridized carbons (Fsp3) is 0. The summed E-state index contributed by atoms with van der Waals surface area (Å²) in [6, 6.07) is 8.57. The van der Waals surface area contributed by atoms with Gasteiger partial charge in [-0.15, -0.1) is 0 Å². The van der Waals surface area contributed by atoms with Gasteiger partial charge in [-0.3, -0.25) is 25.0 Å². The van der Waals surface area contributed by atoms with Gasteiger partial charge in [0, 0.05) is 35.5 Å². The first-order valence-corrected chi connectivity index (χ1v) is 5.73. The van der Waals surface area contributed by atoms with Gasteiger partial charge in [-0.25, -0.2) is 0 Å². The van der Waals surface area contributed by atoms with Crippen molar-refractivity contribution in [3.8, 4) is 0 Å². The van der Waals surface area contributed by atoms with Crippen LogP contribution in [-0.2, 0) is 0 Å². The van der Waals surface area contributed by atoms with Crippen LogP contribution in [0.25, 0.3) is 0 Å². The molecule has 2 rings (SSSR count). The number of carbonyl (C=O) groups excluding carboxylic acids is 1. The van der Waals surface area contributed by atoms with E-state index >= 15 is 0 Å². The predicted octanol–water partition coefficient (Wildman–Crippen LogP) is 2.32. The third kappa shape index (κ3) is 2.84. The Balaban J connectivity index is 2.49. The second kappa shape index (κ2) is 5.37. The molecule has 21 heavy (non-hydrogen) atoms. The van der Waals surface area contributed by atoms with Crippen LogP contribution in [0.3, 0.4) is 0 Å². The van der Waals surface area contributed by atoms with E-state index in [0.29, 0.717) is 0 Å². The maximum absolute atomic E-state index is 12.3.